The van der Waals surface area contributed by atoms with Gasteiger partial charge in [-0.05, 0) is 20.3 Å². The molecule has 0 aromatic rings. The fraction of sp³-hybridized carbons (Fsp3) is 0.500. The van der Waals surface area contributed by atoms with Gasteiger partial charge in [0.15, 0.2) is 0 Å². The van der Waals surface area contributed by atoms with E-state index in [1.807, 2.05) is 13.0 Å². The minimum absolute atomic E-state index is 0. The zero-order valence-electron chi connectivity index (χ0n) is 7.61. The number of hydrogen-bond acceptors (Lipinski definition) is 2. The van der Waals surface area contributed by atoms with Crippen LogP contribution < -0.4 is 0 Å². The third-order valence-electron chi connectivity index (χ3n) is 2.05. The van der Waals surface area contributed by atoms with E-state index in [4.69, 9.17) is 4.55 Å². The largest absolute Gasteiger partial charge is 0.412 e. The molecule has 13 heavy (non-hydrogen) atoms. The summed E-state index contributed by atoms with van der Waals surface area (Å²) in [4.78, 5) is 0. The van der Waals surface area contributed by atoms with E-state index in [2.05, 4.69) is 0 Å². The Hall–Kier alpha value is -0.650. The molecule has 0 saturated carbocycles. The summed E-state index contributed by atoms with van der Waals surface area (Å²) in [5.41, 5.74) is 0.956. The molecule has 3 N–H and O–H groups in total. The van der Waals surface area contributed by atoms with Crippen LogP contribution in [0.25, 0.3) is 0 Å². The molecule has 1 aliphatic rings. The van der Waals surface area contributed by atoms with Crippen LogP contribution >= 0.6 is 0 Å². The van der Waals surface area contributed by atoms with Gasteiger partial charge in [-0.2, -0.15) is 8.42 Å². The second-order valence-corrected chi connectivity index (χ2v) is 5.22. The van der Waals surface area contributed by atoms with Gasteiger partial charge in [0.1, 0.15) is 4.75 Å². The van der Waals surface area contributed by atoms with E-state index in [1.165, 1.54) is 13.0 Å². The van der Waals surface area contributed by atoms with Crippen LogP contribution in [-0.2, 0) is 10.1 Å². The van der Waals surface area contributed by atoms with E-state index >= 15 is 0 Å². The van der Waals surface area contributed by atoms with Crippen LogP contribution in [0.1, 0.15) is 20.3 Å². The highest BCUT2D eigenvalue weighted by Crippen LogP contribution is 2.29. The maximum absolute atomic E-state index is 10.9. The SMILES string of the molecule is CC1=CC=CC(C)(S(=O)(=O)O)C1.O. The molecule has 1 aliphatic carbocycles. The van der Waals surface area contributed by atoms with Crippen molar-refractivity contribution in [3.05, 3.63) is 23.8 Å². The molecule has 4 nitrogen and oxygen atoms in total. The van der Waals surface area contributed by atoms with Gasteiger partial charge in [0.25, 0.3) is 10.1 Å². The van der Waals surface area contributed by atoms with Crippen molar-refractivity contribution in [3.63, 3.8) is 0 Å². The minimum Gasteiger partial charge on any atom is -0.412 e. The Bertz CT molecular complexity index is 339. The molecule has 0 aromatic carbocycles. The first-order valence-corrected chi connectivity index (χ1v) is 5.11. The van der Waals surface area contributed by atoms with Crippen molar-refractivity contribution in [2.75, 3.05) is 0 Å². The second-order valence-electron chi connectivity index (χ2n) is 3.34. The van der Waals surface area contributed by atoms with Crippen LogP contribution in [0.15, 0.2) is 23.8 Å². The van der Waals surface area contributed by atoms with Crippen LogP contribution in [0.5, 0.6) is 0 Å². The van der Waals surface area contributed by atoms with Crippen molar-refractivity contribution in [3.8, 4) is 0 Å². The Morgan fingerprint density at radius 1 is 1.54 bits per heavy atom. The van der Waals surface area contributed by atoms with Crippen molar-refractivity contribution in [1.82, 2.24) is 0 Å². The summed E-state index contributed by atoms with van der Waals surface area (Å²) in [6.45, 7) is 3.35. The molecule has 0 fully saturated rings. The minimum atomic E-state index is -3.99. The van der Waals surface area contributed by atoms with Gasteiger partial charge in [-0.25, -0.2) is 0 Å². The molecule has 0 heterocycles. The lowest BCUT2D eigenvalue weighted by molar-refractivity contribution is 0.450. The van der Waals surface area contributed by atoms with Crippen molar-refractivity contribution in [1.29, 1.82) is 0 Å². The summed E-state index contributed by atoms with van der Waals surface area (Å²) in [6, 6.07) is 0. The zero-order valence-corrected chi connectivity index (χ0v) is 8.43. The second kappa shape index (κ2) is 3.61. The van der Waals surface area contributed by atoms with Gasteiger partial charge >= 0.3 is 0 Å². The number of hydrogen-bond donors (Lipinski definition) is 1. The van der Waals surface area contributed by atoms with E-state index in [1.54, 1.807) is 6.08 Å². The smallest absolute Gasteiger partial charge is 0.274 e. The topological polar surface area (TPSA) is 85.9 Å². The Balaban J connectivity index is 0.00000144. The molecule has 0 aliphatic heterocycles. The van der Waals surface area contributed by atoms with Gasteiger partial charge in [0.2, 0.25) is 0 Å². The highest BCUT2D eigenvalue weighted by atomic mass is 32.2. The van der Waals surface area contributed by atoms with E-state index in [0.717, 1.165) is 5.57 Å². The molecular weight excluding hydrogens is 192 g/mol. The maximum atomic E-state index is 10.9. The van der Waals surface area contributed by atoms with Crippen LogP contribution in [0.2, 0.25) is 0 Å². The molecule has 0 amide bonds. The third kappa shape index (κ3) is 2.40. The lowest BCUT2D eigenvalue weighted by atomic mass is 9.96. The summed E-state index contributed by atoms with van der Waals surface area (Å²) in [5, 5.41) is 0. The molecule has 0 spiro atoms. The van der Waals surface area contributed by atoms with Gasteiger partial charge in [0, 0.05) is 0 Å². The molecule has 0 saturated heterocycles. The average molecular weight is 206 g/mol. The summed E-state index contributed by atoms with van der Waals surface area (Å²) in [7, 11) is -3.99. The fourth-order valence-electron chi connectivity index (χ4n) is 1.26. The van der Waals surface area contributed by atoms with Gasteiger partial charge in [-0.3, -0.25) is 4.55 Å². The molecule has 5 heteroatoms. The Morgan fingerprint density at radius 2 is 2.08 bits per heavy atom. The molecule has 1 atom stereocenters. The average Bonchev–Trinajstić information content (AvgIpc) is 1.83. The molecule has 1 unspecified atom stereocenters. The normalized spacial score (nSPS) is 27.8. The van der Waals surface area contributed by atoms with Gasteiger partial charge in [-0.15, -0.1) is 0 Å². The Labute approximate surface area is 78.0 Å². The Kier molecular flexibility index (Phi) is 3.43. The summed E-state index contributed by atoms with van der Waals surface area (Å²) >= 11 is 0. The first-order valence-electron chi connectivity index (χ1n) is 3.67. The highest BCUT2D eigenvalue weighted by Gasteiger charge is 2.36. The van der Waals surface area contributed by atoms with E-state index in [0.29, 0.717) is 6.42 Å². The molecular formula is C8H14O4S. The molecule has 0 aromatic heterocycles. The lowest BCUT2D eigenvalue weighted by Gasteiger charge is -2.24. The van der Waals surface area contributed by atoms with Crippen molar-refractivity contribution < 1.29 is 18.4 Å². The van der Waals surface area contributed by atoms with Crippen LogP contribution in [-0.4, -0.2) is 23.2 Å². The molecule has 76 valence electrons. The van der Waals surface area contributed by atoms with E-state index in [9.17, 15) is 8.42 Å². The van der Waals surface area contributed by atoms with E-state index in [-0.39, 0.29) is 5.48 Å². The predicted molar refractivity (Wildman–Crippen MR) is 51.1 cm³/mol. The fourth-order valence-corrected chi connectivity index (χ4v) is 1.93. The summed E-state index contributed by atoms with van der Waals surface area (Å²) in [6.07, 6.45) is 5.37. The molecule has 0 radical (unpaired) electrons. The van der Waals surface area contributed by atoms with Crippen molar-refractivity contribution >= 4 is 10.1 Å². The van der Waals surface area contributed by atoms with Gasteiger partial charge < -0.3 is 5.48 Å². The van der Waals surface area contributed by atoms with Crippen molar-refractivity contribution in [2.45, 2.75) is 25.0 Å². The maximum Gasteiger partial charge on any atom is 0.274 e. The van der Waals surface area contributed by atoms with Crippen molar-refractivity contribution in [2.24, 2.45) is 0 Å². The number of allylic oxidation sites excluding steroid dienone is 3. The van der Waals surface area contributed by atoms with E-state index < -0.39 is 14.9 Å². The summed E-state index contributed by atoms with van der Waals surface area (Å²) in [5.74, 6) is 0. The molecule has 0 bridgehead atoms. The summed E-state index contributed by atoms with van der Waals surface area (Å²) < 4.78 is 29.6. The quantitative estimate of drug-likeness (QED) is 0.641. The highest BCUT2D eigenvalue weighted by molar-refractivity contribution is 7.87. The number of rotatable bonds is 1. The Morgan fingerprint density at radius 3 is 2.38 bits per heavy atom. The zero-order chi connectivity index (χ0) is 9.41. The standard InChI is InChI=1S/C8H12O3S.H2O/c1-7-4-3-5-8(2,6-7)12(9,10)11;/h3-5H,6H2,1-2H3,(H,9,10,11);1H2. The van der Waals surface area contributed by atoms with Gasteiger partial charge in [-0.1, -0.05) is 23.8 Å². The molecule has 1 rings (SSSR count). The third-order valence-corrected chi connectivity index (χ3v) is 3.51. The first-order chi connectivity index (χ1) is 5.35. The predicted octanol–water partition coefficient (Wildman–Crippen LogP) is 0.714. The monoisotopic (exact) mass is 206 g/mol. The van der Waals surface area contributed by atoms with Crippen LogP contribution in [0.3, 0.4) is 0 Å². The first kappa shape index (κ1) is 12.3. The van der Waals surface area contributed by atoms with Crippen LogP contribution in [0.4, 0.5) is 0 Å². The lowest BCUT2D eigenvalue weighted by Crippen LogP contribution is -2.33. The van der Waals surface area contributed by atoms with Gasteiger partial charge in [0.05, 0.1) is 0 Å². The van der Waals surface area contributed by atoms with Crippen LogP contribution in [0, 0.1) is 0 Å².